The Morgan fingerprint density at radius 2 is 2.08 bits per heavy atom. The van der Waals surface area contributed by atoms with E-state index in [1.54, 1.807) is 24.0 Å². The molecular formula is C18H21ClN4O2. The molecule has 0 radical (unpaired) electrons. The summed E-state index contributed by atoms with van der Waals surface area (Å²) < 4.78 is 7.65. The van der Waals surface area contributed by atoms with E-state index in [1.165, 1.54) is 0 Å². The van der Waals surface area contributed by atoms with Crippen LogP contribution in [-0.2, 0) is 11.8 Å². The summed E-state index contributed by atoms with van der Waals surface area (Å²) >= 11 is 5.96. The summed E-state index contributed by atoms with van der Waals surface area (Å²) in [4.78, 5) is 14.8. The molecule has 1 aromatic heterocycles. The standard InChI is InChI=1S/C18H21ClN4O2/c1-22-16(6-7-20-22)18(24)21-14-8-15-11-25-17(10-23(15)9-14)12-2-4-13(19)5-3-12/h2-7,14-15,17H,8-11H2,1H3,(H,21,24)/t14-,15-,17+/m0/s1. The molecule has 0 unspecified atom stereocenters. The van der Waals surface area contributed by atoms with Crippen molar-refractivity contribution in [2.24, 2.45) is 7.05 Å². The molecule has 1 amide bonds. The molecule has 0 bridgehead atoms. The van der Waals surface area contributed by atoms with Crippen LogP contribution in [0.2, 0.25) is 5.02 Å². The fraction of sp³-hybridized carbons (Fsp3) is 0.444. The number of amides is 1. The number of benzene rings is 1. The summed E-state index contributed by atoms with van der Waals surface area (Å²) in [7, 11) is 1.78. The van der Waals surface area contributed by atoms with Gasteiger partial charge in [0, 0.05) is 43.4 Å². The number of carbonyl (C=O) groups is 1. The van der Waals surface area contributed by atoms with Crippen LogP contribution in [0.5, 0.6) is 0 Å². The minimum absolute atomic E-state index is 0.0556. The number of nitrogens with one attached hydrogen (secondary N) is 1. The van der Waals surface area contributed by atoms with Gasteiger partial charge in [-0.1, -0.05) is 23.7 Å². The molecule has 2 fully saturated rings. The lowest BCUT2D eigenvalue weighted by Gasteiger charge is -2.35. The molecular weight excluding hydrogens is 340 g/mol. The smallest absolute Gasteiger partial charge is 0.269 e. The second-order valence-corrected chi connectivity index (χ2v) is 7.16. The molecule has 2 saturated heterocycles. The van der Waals surface area contributed by atoms with Gasteiger partial charge in [-0.05, 0) is 30.2 Å². The molecule has 25 heavy (non-hydrogen) atoms. The molecule has 3 heterocycles. The lowest BCUT2D eigenvalue weighted by Crippen LogP contribution is -2.43. The van der Waals surface area contributed by atoms with Gasteiger partial charge >= 0.3 is 0 Å². The number of carbonyl (C=O) groups excluding carboxylic acids is 1. The van der Waals surface area contributed by atoms with Crippen molar-refractivity contribution in [3.63, 3.8) is 0 Å². The number of nitrogens with zero attached hydrogens (tertiary/aromatic N) is 3. The highest BCUT2D eigenvalue weighted by molar-refractivity contribution is 6.30. The summed E-state index contributed by atoms with van der Waals surface area (Å²) in [6.07, 6.45) is 2.61. The van der Waals surface area contributed by atoms with Gasteiger partial charge in [-0.15, -0.1) is 0 Å². The Morgan fingerprint density at radius 3 is 2.80 bits per heavy atom. The van der Waals surface area contributed by atoms with Crippen LogP contribution >= 0.6 is 11.6 Å². The summed E-state index contributed by atoms with van der Waals surface area (Å²) in [5, 5.41) is 7.91. The van der Waals surface area contributed by atoms with Crippen LogP contribution in [-0.4, -0.2) is 52.4 Å². The maximum absolute atomic E-state index is 12.4. The largest absolute Gasteiger partial charge is 0.371 e. The third-order valence-corrected chi connectivity index (χ3v) is 5.30. The van der Waals surface area contributed by atoms with E-state index < -0.39 is 0 Å². The fourth-order valence-electron chi connectivity index (χ4n) is 3.71. The molecule has 4 rings (SSSR count). The molecule has 1 aromatic carbocycles. The summed E-state index contributed by atoms with van der Waals surface area (Å²) in [6.45, 7) is 2.37. The molecule has 2 aliphatic heterocycles. The molecule has 0 spiro atoms. The summed E-state index contributed by atoms with van der Waals surface area (Å²) in [5.41, 5.74) is 1.73. The molecule has 2 aliphatic rings. The number of aryl methyl sites for hydroxylation is 1. The third-order valence-electron chi connectivity index (χ3n) is 5.05. The Balaban J connectivity index is 1.38. The zero-order valence-corrected chi connectivity index (χ0v) is 14.8. The first kappa shape index (κ1) is 16.6. The topological polar surface area (TPSA) is 59.4 Å². The van der Waals surface area contributed by atoms with Gasteiger partial charge in [-0.25, -0.2) is 0 Å². The maximum Gasteiger partial charge on any atom is 0.269 e. The number of rotatable bonds is 3. The number of ether oxygens (including phenoxy) is 1. The van der Waals surface area contributed by atoms with Crippen LogP contribution in [0.3, 0.4) is 0 Å². The predicted octanol–water partition coefficient (Wildman–Crippen LogP) is 2.02. The highest BCUT2D eigenvalue weighted by atomic mass is 35.5. The van der Waals surface area contributed by atoms with Gasteiger partial charge < -0.3 is 10.1 Å². The predicted molar refractivity (Wildman–Crippen MR) is 94.6 cm³/mol. The Labute approximate surface area is 151 Å². The van der Waals surface area contributed by atoms with Crippen LogP contribution in [0.15, 0.2) is 36.5 Å². The van der Waals surface area contributed by atoms with Gasteiger partial charge in [0.1, 0.15) is 5.69 Å². The highest BCUT2D eigenvalue weighted by Crippen LogP contribution is 2.30. The van der Waals surface area contributed by atoms with Crippen molar-refractivity contribution in [1.82, 2.24) is 20.0 Å². The Hall–Kier alpha value is -1.89. The molecule has 0 aliphatic carbocycles. The van der Waals surface area contributed by atoms with E-state index in [0.29, 0.717) is 18.3 Å². The van der Waals surface area contributed by atoms with Crippen molar-refractivity contribution < 1.29 is 9.53 Å². The van der Waals surface area contributed by atoms with Gasteiger partial charge in [0.2, 0.25) is 0 Å². The Kier molecular flexibility index (Phi) is 4.50. The van der Waals surface area contributed by atoms with Crippen LogP contribution in [0.4, 0.5) is 0 Å². The first-order valence-corrected chi connectivity index (χ1v) is 8.88. The average Bonchev–Trinajstić information content (AvgIpc) is 3.20. The number of hydrogen-bond acceptors (Lipinski definition) is 4. The van der Waals surface area contributed by atoms with E-state index in [1.807, 2.05) is 24.3 Å². The Bertz CT molecular complexity index is 761. The number of aromatic nitrogens is 2. The van der Waals surface area contributed by atoms with E-state index >= 15 is 0 Å². The van der Waals surface area contributed by atoms with Crippen molar-refractivity contribution >= 4 is 17.5 Å². The minimum Gasteiger partial charge on any atom is -0.371 e. The Morgan fingerprint density at radius 1 is 1.28 bits per heavy atom. The van der Waals surface area contributed by atoms with Crippen LogP contribution in [0.25, 0.3) is 0 Å². The number of halogens is 1. The second-order valence-electron chi connectivity index (χ2n) is 6.73. The number of hydrogen-bond donors (Lipinski definition) is 1. The summed E-state index contributed by atoms with van der Waals surface area (Å²) in [6, 6.07) is 10.1. The molecule has 3 atom stereocenters. The van der Waals surface area contributed by atoms with Crippen LogP contribution in [0.1, 0.15) is 28.6 Å². The third kappa shape index (κ3) is 3.42. The molecule has 1 N–H and O–H groups in total. The minimum atomic E-state index is -0.0694. The van der Waals surface area contributed by atoms with Gasteiger partial charge in [-0.2, -0.15) is 5.10 Å². The van der Waals surface area contributed by atoms with E-state index in [4.69, 9.17) is 16.3 Å². The van der Waals surface area contributed by atoms with E-state index in [0.717, 1.165) is 30.1 Å². The number of fused-ring (bicyclic) bond motifs is 1. The van der Waals surface area contributed by atoms with E-state index in [-0.39, 0.29) is 18.1 Å². The highest BCUT2D eigenvalue weighted by Gasteiger charge is 2.38. The monoisotopic (exact) mass is 360 g/mol. The molecule has 6 nitrogen and oxygen atoms in total. The normalized spacial score (nSPS) is 26.4. The van der Waals surface area contributed by atoms with E-state index in [2.05, 4.69) is 15.3 Å². The van der Waals surface area contributed by atoms with Gasteiger partial charge in [0.25, 0.3) is 5.91 Å². The van der Waals surface area contributed by atoms with Crippen molar-refractivity contribution in [2.45, 2.75) is 24.6 Å². The quantitative estimate of drug-likeness (QED) is 0.909. The van der Waals surface area contributed by atoms with Gasteiger partial charge in [-0.3, -0.25) is 14.4 Å². The van der Waals surface area contributed by atoms with Crippen molar-refractivity contribution in [2.75, 3.05) is 19.7 Å². The fourth-order valence-corrected chi connectivity index (χ4v) is 3.84. The molecule has 132 valence electrons. The number of morpholine rings is 1. The maximum atomic E-state index is 12.4. The van der Waals surface area contributed by atoms with Gasteiger partial charge in [0.15, 0.2) is 0 Å². The zero-order chi connectivity index (χ0) is 17.4. The zero-order valence-electron chi connectivity index (χ0n) is 14.1. The summed E-state index contributed by atoms with van der Waals surface area (Å²) in [5.74, 6) is -0.0694. The lowest BCUT2D eigenvalue weighted by molar-refractivity contribution is -0.0502. The SMILES string of the molecule is Cn1nccc1C(=O)N[C@H]1C[C@H]2CO[C@@H](c3ccc(Cl)cc3)CN2C1. The lowest BCUT2D eigenvalue weighted by atomic mass is 10.1. The van der Waals surface area contributed by atoms with Crippen molar-refractivity contribution in [3.05, 3.63) is 52.8 Å². The first-order chi connectivity index (χ1) is 12.1. The average molecular weight is 361 g/mol. The van der Waals surface area contributed by atoms with Gasteiger partial charge in [0.05, 0.1) is 12.7 Å². The molecule has 2 aromatic rings. The van der Waals surface area contributed by atoms with Crippen LogP contribution in [0, 0.1) is 0 Å². The molecule has 0 saturated carbocycles. The molecule has 7 heteroatoms. The second kappa shape index (κ2) is 6.78. The van der Waals surface area contributed by atoms with Crippen LogP contribution < -0.4 is 5.32 Å². The van der Waals surface area contributed by atoms with Crippen molar-refractivity contribution in [3.8, 4) is 0 Å². The first-order valence-electron chi connectivity index (χ1n) is 8.50. The van der Waals surface area contributed by atoms with Crippen molar-refractivity contribution in [1.29, 1.82) is 0 Å². The van der Waals surface area contributed by atoms with E-state index in [9.17, 15) is 4.79 Å².